The number of benzene rings is 1. The summed E-state index contributed by atoms with van der Waals surface area (Å²) in [5, 5.41) is 9.38. The van der Waals surface area contributed by atoms with Gasteiger partial charge in [0.1, 0.15) is 0 Å². The lowest BCUT2D eigenvalue weighted by atomic mass is 10.2. The summed E-state index contributed by atoms with van der Waals surface area (Å²) in [6.45, 7) is 5.05. The molecule has 0 aliphatic rings. The number of aromatic nitrogens is 1. The van der Waals surface area contributed by atoms with Gasteiger partial charge in [-0.05, 0) is 48.9 Å². The van der Waals surface area contributed by atoms with Gasteiger partial charge in [0, 0.05) is 37.7 Å². The lowest BCUT2D eigenvalue weighted by Crippen LogP contribution is -2.38. The third-order valence-electron chi connectivity index (χ3n) is 4.05. The molecule has 28 heavy (non-hydrogen) atoms. The fourth-order valence-corrected chi connectivity index (χ4v) is 2.63. The van der Waals surface area contributed by atoms with Crippen molar-refractivity contribution in [3.05, 3.63) is 78.5 Å². The van der Waals surface area contributed by atoms with Gasteiger partial charge in [0.05, 0.1) is 12.8 Å². The molecule has 0 saturated carbocycles. The van der Waals surface area contributed by atoms with E-state index >= 15 is 0 Å². The van der Waals surface area contributed by atoms with Crippen molar-refractivity contribution in [2.24, 2.45) is 4.99 Å². The van der Waals surface area contributed by atoms with Crippen LogP contribution in [0.4, 0.5) is 5.69 Å². The van der Waals surface area contributed by atoms with E-state index in [1.54, 1.807) is 12.1 Å². The van der Waals surface area contributed by atoms with Crippen molar-refractivity contribution >= 4 is 17.6 Å². The van der Waals surface area contributed by atoms with Crippen LogP contribution in [0.5, 0.6) is 0 Å². The second kappa shape index (κ2) is 10.0. The predicted octanol–water partition coefficient (Wildman–Crippen LogP) is 3.09. The number of amides is 1. The van der Waals surface area contributed by atoms with Gasteiger partial charge >= 0.3 is 0 Å². The lowest BCUT2D eigenvalue weighted by Gasteiger charge is -2.12. The number of anilines is 1. The summed E-state index contributed by atoms with van der Waals surface area (Å²) in [6.07, 6.45) is 5.56. The summed E-state index contributed by atoms with van der Waals surface area (Å²) in [7, 11) is 0. The Morgan fingerprint density at radius 3 is 2.54 bits per heavy atom. The van der Waals surface area contributed by atoms with Gasteiger partial charge in [0.15, 0.2) is 11.7 Å². The van der Waals surface area contributed by atoms with E-state index in [4.69, 9.17) is 4.42 Å². The smallest absolute Gasteiger partial charge is 0.291 e. The number of carbonyl (C=O) groups excluding carboxylic acids is 1. The van der Waals surface area contributed by atoms with Gasteiger partial charge in [-0.25, -0.2) is 4.99 Å². The fourth-order valence-electron chi connectivity index (χ4n) is 2.63. The van der Waals surface area contributed by atoms with Crippen molar-refractivity contribution in [1.82, 2.24) is 15.2 Å². The third-order valence-corrected chi connectivity index (χ3v) is 4.05. The Bertz CT molecular complexity index is 868. The van der Waals surface area contributed by atoms with Crippen molar-refractivity contribution in [3.63, 3.8) is 0 Å². The van der Waals surface area contributed by atoms with Crippen LogP contribution in [0.2, 0.25) is 0 Å². The molecule has 0 spiro atoms. The van der Waals surface area contributed by atoms with Gasteiger partial charge in [-0.2, -0.15) is 0 Å². The molecule has 146 valence electrons. The molecule has 7 nitrogen and oxygen atoms in total. The van der Waals surface area contributed by atoms with Gasteiger partial charge in [0.25, 0.3) is 5.91 Å². The van der Waals surface area contributed by atoms with E-state index in [1.807, 2.05) is 55.7 Å². The molecule has 2 heterocycles. The van der Waals surface area contributed by atoms with Crippen LogP contribution in [0.3, 0.4) is 0 Å². The molecule has 0 fully saturated rings. The average molecular weight is 379 g/mol. The van der Waals surface area contributed by atoms with Crippen LogP contribution in [0.15, 0.2) is 76.6 Å². The molecule has 0 aliphatic carbocycles. The van der Waals surface area contributed by atoms with Crippen LogP contribution < -0.4 is 16.0 Å². The van der Waals surface area contributed by atoms with Crippen molar-refractivity contribution in [2.75, 3.05) is 18.4 Å². The Labute approximate surface area is 164 Å². The third kappa shape index (κ3) is 5.77. The zero-order chi connectivity index (χ0) is 19.6. The first-order chi connectivity index (χ1) is 13.7. The first-order valence-corrected chi connectivity index (χ1v) is 9.31. The molecule has 3 N–H and O–H groups in total. The van der Waals surface area contributed by atoms with Crippen molar-refractivity contribution in [3.8, 4) is 0 Å². The molecule has 0 bridgehead atoms. The average Bonchev–Trinajstić information content (AvgIpc) is 3.41. The molecule has 3 rings (SSSR count). The van der Waals surface area contributed by atoms with Crippen LogP contribution in [-0.2, 0) is 13.1 Å². The topological polar surface area (TPSA) is 83.6 Å². The van der Waals surface area contributed by atoms with Crippen LogP contribution in [0, 0.1) is 0 Å². The summed E-state index contributed by atoms with van der Waals surface area (Å²) in [5.74, 6) is 0.803. The normalized spacial score (nSPS) is 11.2. The van der Waals surface area contributed by atoms with Gasteiger partial charge < -0.3 is 24.9 Å². The fraction of sp³-hybridized carbons (Fsp3) is 0.238. The molecule has 0 saturated heterocycles. The SMILES string of the molecule is CCNC(=NCc1ccc(NC(=O)c2ccco2)cc1)NCCn1cccc1. The Kier molecular flexibility index (Phi) is 6.89. The van der Waals surface area contributed by atoms with Crippen molar-refractivity contribution < 1.29 is 9.21 Å². The number of rotatable bonds is 8. The summed E-state index contributed by atoms with van der Waals surface area (Å²) >= 11 is 0. The van der Waals surface area contributed by atoms with Crippen molar-refractivity contribution in [2.45, 2.75) is 20.0 Å². The molecular weight excluding hydrogens is 354 g/mol. The molecule has 0 atom stereocenters. The minimum atomic E-state index is -0.267. The van der Waals surface area contributed by atoms with Crippen LogP contribution in [0.1, 0.15) is 23.0 Å². The Balaban J connectivity index is 1.51. The molecule has 0 radical (unpaired) electrons. The van der Waals surface area contributed by atoms with Crippen molar-refractivity contribution in [1.29, 1.82) is 0 Å². The Morgan fingerprint density at radius 2 is 1.86 bits per heavy atom. The standard InChI is InChI=1S/C21H25N5O2/c1-2-22-21(23-11-14-26-12-3-4-13-26)24-16-17-7-9-18(10-8-17)25-20(27)19-6-5-15-28-19/h3-10,12-13,15H,2,11,14,16H2,1H3,(H,25,27)(H2,22,23,24). The second-order valence-corrected chi connectivity index (χ2v) is 6.17. The number of nitrogens with one attached hydrogen (secondary N) is 3. The number of carbonyl (C=O) groups is 1. The zero-order valence-electron chi connectivity index (χ0n) is 15.9. The summed E-state index contributed by atoms with van der Waals surface area (Å²) in [6, 6.07) is 15.0. The highest BCUT2D eigenvalue weighted by atomic mass is 16.3. The van der Waals surface area contributed by atoms with E-state index < -0.39 is 0 Å². The highest BCUT2D eigenvalue weighted by Gasteiger charge is 2.08. The number of guanidine groups is 1. The van der Waals surface area contributed by atoms with Gasteiger partial charge in [0.2, 0.25) is 0 Å². The van der Waals surface area contributed by atoms with E-state index in [2.05, 4.69) is 25.5 Å². The molecule has 7 heteroatoms. The number of aliphatic imine (C=N–C) groups is 1. The summed E-state index contributed by atoms with van der Waals surface area (Å²) in [4.78, 5) is 16.6. The first kappa shape index (κ1) is 19.3. The minimum absolute atomic E-state index is 0.267. The summed E-state index contributed by atoms with van der Waals surface area (Å²) < 4.78 is 7.21. The predicted molar refractivity (Wildman–Crippen MR) is 110 cm³/mol. The summed E-state index contributed by atoms with van der Waals surface area (Å²) in [5.41, 5.74) is 1.77. The van der Waals surface area contributed by atoms with Gasteiger partial charge in [-0.3, -0.25) is 4.79 Å². The van der Waals surface area contributed by atoms with Gasteiger partial charge in [-0.15, -0.1) is 0 Å². The quantitative estimate of drug-likeness (QED) is 0.415. The molecular formula is C21H25N5O2. The number of nitrogens with zero attached hydrogens (tertiary/aromatic N) is 2. The molecule has 0 unspecified atom stereocenters. The molecule has 1 amide bonds. The van der Waals surface area contributed by atoms with E-state index in [0.717, 1.165) is 31.2 Å². The lowest BCUT2D eigenvalue weighted by molar-refractivity contribution is 0.0996. The Hall–Kier alpha value is -3.48. The zero-order valence-corrected chi connectivity index (χ0v) is 15.9. The first-order valence-electron chi connectivity index (χ1n) is 9.31. The van der Waals surface area contributed by atoms with Crippen LogP contribution >= 0.6 is 0 Å². The number of hydrogen-bond acceptors (Lipinski definition) is 3. The van der Waals surface area contributed by atoms with E-state index in [-0.39, 0.29) is 11.7 Å². The number of hydrogen-bond donors (Lipinski definition) is 3. The molecule has 0 aliphatic heterocycles. The number of furan rings is 1. The molecule has 1 aromatic carbocycles. The van der Waals surface area contributed by atoms with Crippen LogP contribution in [-0.4, -0.2) is 29.5 Å². The minimum Gasteiger partial charge on any atom is -0.459 e. The highest BCUT2D eigenvalue weighted by molar-refractivity contribution is 6.02. The molecule has 3 aromatic rings. The van der Waals surface area contributed by atoms with E-state index in [9.17, 15) is 4.79 Å². The maximum absolute atomic E-state index is 12.0. The van der Waals surface area contributed by atoms with E-state index in [0.29, 0.717) is 12.2 Å². The molecule has 2 aromatic heterocycles. The maximum Gasteiger partial charge on any atom is 0.291 e. The van der Waals surface area contributed by atoms with E-state index in [1.165, 1.54) is 6.26 Å². The monoisotopic (exact) mass is 379 g/mol. The second-order valence-electron chi connectivity index (χ2n) is 6.17. The maximum atomic E-state index is 12.0. The Morgan fingerprint density at radius 1 is 1.07 bits per heavy atom. The van der Waals surface area contributed by atoms with Crippen LogP contribution in [0.25, 0.3) is 0 Å². The highest BCUT2D eigenvalue weighted by Crippen LogP contribution is 2.12. The largest absolute Gasteiger partial charge is 0.459 e. The van der Waals surface area contributed by atoms with Gasteiger partial charge in [-0.1, -0.05) is 12.1 Å².